The molecule has 0 fully saturated rings. The quantitative estimate of drug-likeness (QED) is 0.677. The van der Waals surface area contributed by atoms with E-state index in [1.54, 1.807) is 0 Å². The average Bonchev–Trinajstić information content (AvgIpc) is 2.63. The zero-order chi connectivity index (χ0) is 11.1. The van der Waals surface area contributed by atoms with Crippen molar-refractivity contribution in [3.8, 4) is 0 Å². The summed E-state index contributed by atoms with van der Waals surface area (Å²) in [7, 11) is 1.96. The summed E-state index contributed by atoms with van der Waals surface area (Å²) in [6.07, 6.45) is 4.02. The first kappa shape index (κ1) is 12.2. The Morgan fingerprint density at radius 2 is 2.27 bits per heavy atom. The molecule has 0 bridgehead atoms. The van der Waals surface area contributed by atoms with Crippen molar-refractivity contribution in [2.24, 2.45) is 7.05 Å². The van der Waals surface area contributed by atoms with Gasteiger partial charge in [0.1, 0.15) is 0 Å². The van der Waals surface area contributed by atoms with Gasteiger partial charge in [-0.2, -0.15) is 5.10 Å². The molecule has 0 saturated heterocycles. The van der Waals surface area contributed by atoms with E-state index in [9.17, 15) is 0 Å². The fourth-order valence-corrected chi connectivity index (χ4v) is 1.57. The second-order valence-electron chi connectivity index (χ2n) is 3.74. The summed E-state index contributed by atoms with van der Waals surface area (Å²) in [5.74, 6) is 0. The maximum absolute atomic E-state index is 4.17. The second kappa shape index (κ2) is 6.58. The van der Waals surface area contributed by atoms with E-state index < -0.39 is 0 Å². The molecular formula is C11H22N4. The minimum absolute atomic E-state index is 0.996. The fourth-order valence-electron chi connectivity index (χ4n) is 1.57. The molecule has 0 atom stereocenters. The molecule has 1 aromatic heterocycles. The van der Waals surface area contributed by atoms with Crippen molar-refractivity contribution in [1.29, 1.82) is 0 Å². The van der Waals surface area contributed by atoms with Gasteiger partial charge in [0.15, 0.2) is 0 Å². The number of rotatable bonds is 7. The monoisotopic (exact) mass is 210 g/mol. The number of aryl methyl sites for hydroxylation is 1. The van der Waals surface area contributed by atoms with Gasteiger partial charge in [0.25, 0.3) is 0 Å². The fraction of sp³-hybridized carbons (Fsp3) is 0.727. The van der Waals surface area contributed by atoms with Crippen LogP contribution in [0.2, 0.25) is 0 Å². The lowest BCUT2D eigenvalue weighted by Crippen LogP contribution is -2.31. The number of hydrogen-bond acceptors (Lipinski definition) is 3. The number of hydrogen-bond donors (Lipinski definition) is 1. The van der Waals surface area contributed by atoms with Crippen molar-refractivity contribution in [2.75, 3.05) is 26.2 Å². The van der Waals surface area contributed by atoms with Crippen LogP contribution in [0.3, 0.4) is 0 Å². The van der Waals surface area contributed by atoms with E-state index in [-0.39, 0.29) is 0 Å². The van der Waals surface area contributed by atoms with E-state index in [0.29, 0.717) is 0 Å². The highest BCUT2D eigenvalue weighted by atomic mass is 15.2. The highest BCUT2D eigenvalue weighted by Gasteiger charge is 2.04. The van der Waals surface area contributed by atoms with E-state index in [1.165, 1.54) is 5.56 Å². The van der Waals surface area contributed by atoms with Crippen LogP contribution in [0.15, 0.2) is 12.4 Å². The maximum atomic E-state index is 4.17. The van der Waals surface area contributed by atoms with Crippen molar-refractivity contribution in [1.82, 2.24) is 20.0 Å². The summed E-state index contributed by atoms with van der Waals surface area (Å²) in [6, 6.07) is 0. The summed E-state index contributed by atoms with van der Waals surface area (Å²) in [5.41, 5.74) is 1.29. The summed E-state index contributed by atoms with van der Waals surface area (Å²) in [4.78, 5) is 2.42. The Morgan fingerprint density at radius 3 is 2.80 bits per heavy atom. The molecule has 0 aliphatic heterocycles. The zero-order valence-corrected chi connectivity index (χ0v) is 10.0. The Balaban J connectivity index is 2.33. The summed E-state index contributed by atoms with van der Waals surface area (Å²) >= 11 is 0. The molecule has 0 radical (unpaired) electrons. The predicted molar refractivity (Wildman–Crippen MR) is 62.7 cm³/mol. The Labute approximate surface area is 92.3 Å². The van der Waals surface area contributed by atoms with Crippen LogP contribution in [0.1, 0.15) is 19.4 Å². The van der Waals surface area contributed by atoms with E-state index in [0.717, 1.165) is 32.7 Å². The molecule has 0 saturated carbocycles. The summed E-state index contributed by atoms with van der Waals surface area (Å²) in [6.45, 7) is 9.62. The highest BCUT2D eigenvalue weighted by Crippen LogP contribution is 2.01. The largest absolute Gasteiger partial charge is 0.316 e. The Morgan fingerprint density at radius 1 is 1.47 bits per heavy atom. The molecule has 15 heavy (non-hydrogen) atoms. The smallest absolute Gasteiger partial charge is 0.0534 e. The molecule has 1 aromatic rings. The van der Waals surface area contributed by atoms with E-state index >= 15 is 0 Å². The van der Waals surface area contributed by atoms with Crippen molar-refractivity contribution in [2.45, 2.75) is 20.4 Å². The van der Waals surface area contributed by atoms with Gasteiger partial charge in [0.2, 0.25) is 0 Å². The molecule has 0 aliphatic carbocycles. The van der Waals surface area contributed by atoms with Gasteiger partial charge in [-0.3, -0.25) is 9.58 Å². The van der Waals surface area contributed by atoms with Gasteiger partial charge in [-0.1, -0.05) is 13.8 Å². The van der Waals surface area contributed by atoms with E-state index in [2.05, 4.69) is 35.4 Å². The summed E-state index contributed by atoms with van der Waals surface area (Å²) in [5, 5.41) is 7.52. The average molecular weight is 210 g/mol. The molecule has 0 aromatic carbocycles. The van der Waals surface area contributed by atoms with Gasteiger partial charge in [-0.25, -0.2) is 0 Å². The van der Waals surface area contributed by atoms with Gasteiger partial charge in [0, 0.05) is 38.4 Å². The first-order valence-corrected chi connectivity index (χ1v) is 5.66. The van der Waals surface area contributed by atoms with Gasteiger partial charge in [-0.05, 0) is 13.1 Å². The van der Waals surface area contributed by atoms with Gasteiger partial charge >= 0.3 is 0 Å². The molecular weight excluding hydrogens is 188 g/mol. The molecule has 4 nitrogen and oxygen atoms in total. The normalized spacial score (nSPS) is 11.2. The van der Waals surface area contributed by atoms with Crippen LogP contribution < -0.4 is 5.32 Å². The molecule has 0 unspecified atom stereocenters. The lowest BCUT2D eigenvalue weighted by molar-refractivity contribution is 0.280. The lowest BCUT2D eigenvalue weighted by Gasteiger charge is -2.19. The topological polar surface area (TPSA) is 33.1 Å². The van der Waals surface area contributed by atoms with Gasteiger partial charge < -0.3 is 5.32 Å². The van der Waals surface area contributed by atoms with Crippen LogP contribution in [-0.2, 0) is 13.6 Å². The van der Waals surface area contributed by atoms with Crippen molar-refractivity contribution in [3.63, 3.8) is 0 Å². The van der Waals surface area contributed by atoms with Crippen LogP contribution in [0.4, 0.5) is 0 Å². The molecule has 1 N–H and O–H groups in total. The van der Waals surface area contributed by atoms with Gasteiger partial charge in [-0.15, -0.1) is 0 Å². The molecule has 1 heterocycles. The van der Waals surface area contributed by atoms with Gasteiger partial charge in [0.05, 0.1) is 6.20 Å². The van der Waals surface area contributed by atoms with Crippen LogP contribution >= 0.6 is 0 Å². The van der Waals surface area contributed by atoms with E-state index in [4.69, 9.17) is 0 Å². The molecule has 0 amide bonds. The highest BCUT2D eigenvalue weighted by molar-refractivity contribution is 5.03. The zero-order valence-electron chi connectivity index (χ0n) is 10.0. The second-order valence-corrected chi connectivity index (χ2v) is 3.74. The first-order chi connectivity index (χ1) is 7.26. The molecule has 86 valence electrons. The molecule has 4 heteroatoms. The SMILES string of the molecule is CCNCCN(CC)Cc1cnn(C)c1. The Hall–Kier alpha value is -0.870. The lowest BCUT2D eigenvalue weighted by atomic mass is 10.3. The number of nitrogens with zero attached hydrogens (tertiary/aromatic N) is 3. The third kappa shape index (κ3) is 4.44. The third-order valence-electron chi connectivity index (χ3n) is 2.47. The molecule has 1 rings (SSSR count). The maximum Gasteiger partial charge on any atom is 0.0534 e. The van der Waals surface area contributed by atoms with Crippen molar-refractivity contribution < 1.29 is 0 Å². The Bertz CT molecular complexity index is 269. The minimum Gasteiger partial charge on any atom is -0.316 e. The van der Waals surface area contributed by atoms with E-state index in [1.807, 2.05) is 17.9 Å². The number of nitrogens with one attached hydrogen (secondary N) is 1. The minimum atomic E-state index is 0.996. The van der Waals surface area contributed by atoms with Crippen LogP contribution in [0, 0.1) is 0 Å². The van der Waals surface area contributed by atoms with Crippen LogP contribution in [0.25, 0.3) is 0 Å². The van der Waals surface area contributed by atoms with Crippen molar-refractivity contribution >= 4 is 0 Å². The van der Waals surface area contributed by atoms with Crippen molar-refractivity contribution in [3.05, 3.63) is 18.0 Å². The first-order valence-electron chi connectivity index (χ1n) is 5.66. The Kier molecular flexibility index (Phi) is 5.36. The van der Waals surface area contributed by atoms with Crippen LogP contribution in [-0.4, -0.2) is 40.9 Å². The summed E-state index contributed by atoms with van der Waals surface area (Å²) < 4.78 is 1.85. The molecule has 0 spiro atoms. The number of likely N-dealkylation sites (N-methyl/N-ethyl adjacent to an activating group) is 2. The predicted octanol–water partition coefficient (Wildman–Crippen LogP) is 0.851. The third-order valence-corrected chi connectivity index (χ3v) is 2.47. The van der Waals surface area contributed by atoms with Crippen LogP contribution in [0.5, 0.6) is 0 Å². The number of aromatic nitrogens is 2. The standard InChI is InChI=1S/C11H22N4/c1-4-12-6-7-15(5-2)10-11-8-13-14(3)9-11/h8-9,12H,4-7,10H2,1-3H3. The molecule has 0 aliphatic rings.